The normalized spacial score (nSPS) is 35.6. The fourth-order valence-electron chi connectivity index (χ4n) is 3.99. The van der Waals surface area contributed by atoms with Crippen molar-refractivity contribution in [2.45, 2.75) is 77.5 Å². The molecule has 0 bridgehead atoms. The highest BCUT2D eigenvalue weighted by Crippen LogP contribution is 2.29. The molecular weight excluding hydrogens is 264 g/mol. The van der Waals surface area contributed by atoms with Gasteiger partial charge in [-0.1, -0.05) is 26.7 Å². The van der Waals surface area contributed by atoms with Crippen LogP contribution in [0, 0.1) is 11.8 Å². The Morgan fingerprint density at radius 3 is 2.76 bits per heavy atom. The van der Waals surface area contributed by atoms with E-state index in [-0.39, 0.29) is 12.0 Å². The standard InChI is InChI=1S/C17H32N2O2/c1-12-6-4-8-16(14(12)3)18-17(21)11-19-9-5-7-15(19)10-13(2)20/h12-16,20H,4-11H2,1-3H3,(H,18,21). The van der Waals surface area contributed by atoms with Crippen molar-refractivity contribution in [1.29, 1.82) is 0 Å². The molecule has 1 aliphatic carbocycles. The van der Waals surface area contributed by atoms with E-state index in [1.165, 1.54) is 12.8 Å². The van der Waals surface area contributed by atoms with Crippen molar-refractivity contribution in [2.75, 3.05) is 13.1 Å². The Morgan fingerprint density at radius 2 is 2.05 bits per heavy atom. The van der Waals surface area contributed by atoms with Crippen LogP contribution in [0.25, 0.3) is 0 Å². The van der Waals surface area contributed by atoms with Gasteiger partial charge in [0.05, 0.1) is 12.6 Å². The van der Waals surface area contributed by atoms with Crippen molar-refractivity contribution in [3.63, 3.8) is 0 Å². The Morgan fingerprint density at radius 1 is 1.29 bits per heavy atom. The maximum absolute atomic E-state index is 12.3. The molecule has 122 valence electrons. The van der Waals surface area contributed by atoms with Gasteiger partial charge < -0.3 is 10.4 Å². The summed E-state index contributed by atoms with van der Waals surface area (Å²) in [6.07, 6.45) is 6.38. The maximum atomic E-state index is 12.3. The number of likely N-dealkylation sites (tertiary alicyclic amines) is 1. The smallest absolute Gasteiger partial charge is 0.234 e. The molecule has 4 heteroatoms. The molecule has 0 aromatic carbocycles. The molecule has 0 radical (unpaired) electrons. The molecule has 1 heterocycles. The van der Waals surface area contributed by atoms with Gasteiger partial charge in [0.2, 0.25) is 5.91 Å². The second-order valence-electron chi connectivity index (χ2n) is 7.29. The van der Waals surface area contributed by atoms with E-state index in [0.29, 0.717) is 30.5 Å². The number of rotatable bonds is 5. The maximum Gasteiger partial charge on any atom is 0.234 e. The zero-order valence-corrected chi connectivity index (χ0v) is 13.8. The second kappa shape index (κ2) is 7.59. The average molecular weight is 296 g/mol. The summed E-state index contributed by atoms with van der Waals surface area (Å²) in [7, 11) is 0. The number of carbonyl (C=O) groups excluding carboxylic acids is 1. The number of hydrogen-bond acceptors (Lipinski definition) is 3. The summed E-state index contributed by atoms with van der Waals surface area (Å²) in [6, 6.07) is 0.720. The molecule has 1 saturated carbocycles. The van der Waals surface area contributed by atoms with Gasteiger partial charge in [-0.3, -0.25) is 9.69 Å². The van der Waals surface area contributed by atoms with E-state index in [1.807, 2.05) is 6.92 Å². The van der Waals surface area contributed by atoms with Crippen LogP contribution >= 0.6 is 0 Å². The van der Waals surface area contributed by atoms with Crippen LogP contribution in [0.15, 0.2) is 0 Å². The van der Waals surface area contributed by atoms with Gasteiger partial charge in [0.25, 0.3) is 0 Å². The number of amides is 1. The van der Waals surface area contributed by atoms with Crippen LogP contribution in [-0.4, -0.2) is 47.2 Å². The molecule has 4 nitrogen and oxygen atoms in total. The van der Waals surface area contributed by atoms with Crippen LogP contribution < -0.4 is 5.32 Å². The van der Waals surface area contributed by atoms with E-state index in [1.54, 1.807) is 0 Å². The van der Waals surface area contributed by atoms with E-state index >= 15 is 0 Å². The van der Waals surface area contributed by atoms with Gasteiger partial charge in [-0.05, 0) is 51.0 Å². The summed E-state index contributed by atoms with van der Waals surface area (Å²) >= 11 is 0. The minimum Gasteiger partial charge on any atom is -0.393 e. The monoisotopic (exact) mass is 296 g/mol. The number of carbonyl (C=O) groups is 1. The molecule has 21 heavy (non-hydrogen) atoms. The Balaban J connectivity index is 1.81. The lowest BCUT2D eigenvalue weighted by Gasteiger charge is -2.35. The SMILES string of the molecule is CC(O)CC1CCCN1CC(=O)NC1CCCC(C)C1C. The fraction of sp³-hybridized carbons (Fsp3) is 0.941. The lowest BCUT2D eigenvalue weighted by molar-refractivity contribution is -0.124. The lowest BCUT2D eigenvalue weighted by atomic mass is 9.78. The van der Waals surface area contributed by atoms with Crippen molar-refractivity contribution in [2.24, 2.45) is 11.8 Å². The third-order valence-corrected chi connectivity index (χ3v) is 5.51. The van der Waals surface area contributed by atoms with Crippen molar-refractivity contribution >= 4 is 5.91 Å². The molecule has 1 aliphatic heterocycles. The highest BCUT2D eigenvalue weighted by molar-refractivity contribution is 5.78. The van der Waals surface area contributed by atoms with Crippen molar-refractivity contribution in [3.05, 3.63) is 0 Å². The van der Waals surface area contributed by atoms with Crippen LogP contribution in [0.5, 0.6) is 0 Å². The predicted molar refractivity (Wildman–Crippen MR) is 85.0 cm³/mol. The van der Waals surface area contributed by atoms with Gasteiger partial charge >= 0.3 is 0 Å². The zero-order chi connectivity index (χ0) is 15.4. The molecule has 1 amide bonds. The first-order valence-corrected chi connectivity index (χ1v) is 8.69. The molecule has 5 unspecified atom stereocenters. The number of nitrogens with one attached hydrogen (secondary N) is 1. The molecule has 1 saturated heterocycles. The van der Waals surface area contributed by atoms with Crippen LogP contribution in [0.4, 0.5) is 0 Å². The van der Waals surface area contributed by atoms with Crippen LogP contribution in [0.2, 0.25) is 0 Å². The summed E-state index contributed by atoms with van der Waals surface area (Å²) in [6.45, 7) is 7.88. The summed E-state index contributed by atoms with van der Waals surface area (Å²) in [4.78, 5) is 14.6. The van der Waals surface area contributed by atoms with Crippen LogP contribution in [0.3, 0.4) is 0 Å². The fourth-order valence-corrected chi connectivity index (χ4v) is 3.99. The minimum atomic E-state index is -0.280. The van der Waals surface area contributed by atoms with E-state index in [9.17, 15) is 9.90 Å². The highest BCUT2D eigenvalue weighted by atomic mass is 16.3. The molecule has 0 spiro atoms. The van der Waals surface area contributed by atoms with E-state index in [2.05, 4.69) is 24.1 Å². The Hall–Kier alpha value is -0.610. The molecule has 5 atom stereocenters. The Kier molecular flexibility index (Phi) is 6.06. The summed E-state index contributed by atoms with van der Waals surface area (Å²) in [5.74, 6) is 1.45. The number of hydrogen-bond donors (Lipinski definition) is 2. The third-order valence-electron chi connectivity index (χ3n) is 5.51. The van der Waals surface area contributed by atoms with Gasteiger partial charge in [0.15, 0.2) is 0 Å². The van der Waals surface area contributed by atoms with E-state index in [0.717, 1.165) is 32.2 Å². The molecular formula is C17H32N2O2. The summed E-state index contributed by atoms with van der Waals surface area (Å²) < 4.78 is 0. The second-order valence-corrected chi connectivity index (χ2v) is 7.29. The Bertz CT molecular complexity index is 346. The lowest BCUT2D eigenvalue weighted by Crippen LogP contribution is -2.48. The molecule has 0 aromatic rings. The van der Waals surface area contributed by atoms with Gasteiger partial charge in [-0.15, -0.1) is 0 Å². The van der Waals surface area contributed by atoms with Crippen LogP contribution in [0.1, 0.15) is 59.3 Å². The van der Waals surface area contributed by atoms with Gasteiger partial charge in [-0.25, -0.2) is 0 Å². The highest BCUT2D eigenvalue weighted by Gasteiger charge is 2.30. The van der Waals surface area contributed by atoms with E-state index < -0.39 is 0 Å². The zero-order valence-electron chi connectivity index (χ0n) is 13.8. The van der Waals surface area contributed by atoms with Crippen molar-refractivity contribution in [3.8, 4) is 0 Å². The predicted octanol–water partition coefficient (Wildman–Crippen LogP) is 2.16. The molecule has 2 N–H and O–H groups in total. The Labute approximate surface area is 129 Å². The molecule has 0 aromatic heterocycles. The minimum absolute atomic E-state index is 0.165. The number of aliphatic hydroxyl groups is 1. The first-order chi connectivity index (χ1) is 9.97. The first kappa shape index (κ1) is 16.8. The molecule has 2 rings (SSSR count). The van der Waals surface area contributed by atoms with Crippen molar-refractivity contribution < 1.29 is 9.90 Å². The van der Waals surface area contributed by atoms with E-state index in [4.69, 9.17) is 0 Å². The number of nitrogens with zero attached hydrogens (tertiary/aromatic N) is 1. The van der Waals surface area contributed by atoms with Crippen molar-refractivity contribution in [1.82, 2.24) is 10.2 Å². The average Bonchev–Trinajstić information content (AvgIpc) is 2.81. The summed E-state index contributed by atoms with van der Waals surface area (Å²) in [5.41, 5.74) is 0. The van der Waals surface area contributed by atoms with Crippen LogP contribution in [-0.2, 0) is 4.79 Å². The largest absolute Gasteiger partial charge is 0.393 e. The topological polar surface area (TPSA) is 52.6 Å². The summed E-state index contributed by atoms with van der Waals surface area (Å²) in [5, 5.41) is 12.8. The van der Waals surface area contributed by atoms with Gasteiger partial charge in [0, 0.05) is 12.1 Å². The quantitative estimate of drug-likeness (QED) is 0.817. The molecule has 2 aliphatic rings. The number of aliphatic hydroxyl groups excluding tert-OH is 1. The third kappa shape index (κ3) is 4.68. The molecule has 2 fully saturated rings. The van der Waals surface area contributed by atoms with Gasteiger partial charge in [-0.2, -0.15) is 0 Å². The first-order valence-electron chi connectivity index (χ1n) is 8.69. The van der Waals surface area contributed by atoms with Gasteiger partial charge in [0.1, 0.15) is 0 Å².